The molecule has 14 heteroatoms. The number of rotatable bonds is 5. The van der Waals surface area contributed by atoms with Crippen molar-refractivity contribution in [2.75, 3.05) is 6.54 Å². The van der Waals surface area contributed by atoms with Crippen LogP contribution in [0, 0.1) is 11.6 Å². The zero-order valence-corrected chi connectivity index (χ0v) is 27.2. The molecule has 47 heavy (non-hydrogen) atoms. The summed E-state index contributed by atoms with van der Waals surface area (Å²) in [5, 5.41) is 25.9. The van der Waals surface area contributed by atoms with E-state index in [-0.39, 0.29) is 31.9 Å². The van der Waals surface area contributed by atoms with Gasteiger partial charge >= 0.3 is 13.2 Å². The number of benzene rings is 2. The molecule has 3 amide bonds. The smallest absolute Gasteiger partial charge is 0.444 e. The fourth-order valence-electron chi connectivity index (χ4n) is 6.69. The van der Waals surface area contributed by atoms with Crippen LogP contribution in [0.1, 0.15) is 80.9 Å². The van der Waals surface area contributed by atoms with Gasteiger partial charge in [0.25, 0.3) is 0 Å². The van der Waals surface area contributed by atoms with Crippen molar-refractivity contribution in [1.82, 2.24) is 20.4 Å². The van der Waals surface area contributed by atoms with E-state index >= 15 is 0 Å². The van der Waals surface area contributed by atoms with Crippen molar-refractivity contribution in [2.24, 2.45) is 0 Å². The molecule has 3 aliphatic rings. The lowest BCUT2D eigenvalue weighted by Crippen LogP contribution is -2.56. The van der Waals surface area contributed by atoms with Crippen LogP contribution in [0.25, 0.3) is 0 Å². The Balaban J connectivity index is 0.00000500. The Morgan fingerprint density at radius 2 is 1.53 bits per heavy atom. The van der Waals surface area contributed by atoms with Gasteiger partial charge in [-0.1, -0.05) is 69.2 Å². The summed E-state index contributed by atoms with van der Waals surface area (Å²) >= 11 is 0. The first-order valence-corrected chi connectivity index (χ1v) is 16.4. The van der Waals surface area contributed by atoms with E-state index in [9.17, 15) is 33.2 Å². The largest absolute Gasteiger partial charge is 0.475 e. The molecule has 0 aromatic heterocycles. The van der Waals surface area contributed by atoms with Gasteiger partial charge in [-0.3, -0.25) is 14.5 Å². The lowest BCUT2D eigenvalue weighted by molar-refractivity contribution is -0.140. The van der Waals surface area contributed by atoms with Gasteiger partial charge in [-0.05, 0) is 41.7 Å². The minimum absolute atomic E-state index is 0. The van der Waals surface area contributed by atoms with E-state index in [1.165, 1.54) is 17.0 Å². The van der Waals surface area contributed by atoms with Gasteiger partial charge in [0.05, 0.1) is 18.5 Å². The molecule has 0 aliphatic carbocycles. The van der Waals surface area contributed by atoms with Crippen molar-refractivity contribution in [3.63, 3.8) is 0 Å². The van der Waals surface area contributed by atoms with Gasteiger partial charge in [-0.15, -0.1) is 12.4 Å². The molecular formula is C33H44BClF2N4O6. The van der Waals surface area contributed by atoms with Crippen LogP contribution in [0.4, 0.5) is 13.6 Å². The Morgan fingerprint density at radius 3 is 2.15 bits per heavy atom. The SMILES string of the molecule is Cl.O=C1N[C@@H](B(O)O)CCCCCCCCCC(NCc2cc(F)cc(F)c2)C(=O)N2C[C@H](OC(=O)N3Cc4ccccc4C3)C[C@@H]12. The summed E-state index contributed by atoms with van der Waals surface area (Å²) in [6.45, 7) is 0.805. The van der Waals surface area contributed by atoms with Gasteiger partial charge in [-0.25, -0.2) is 13.6 Å². The van der Waals surface area contributed by atoms with Crippen LogP contribution in [0.2, 0.25) is 0 Å². The summed E-state index contributed by atoms with van der Waals surface area (Å²) in [6, 6.07) is 9.13. The first-order chi connectivity index (χ1) is 22.2. The van der Waals surface area contributed by atoms with Gasteiger partial charge in [0.15, 0.2) is 0 Å². The fraction of sp³-hybridized carbons (Fsp3) is 0.545. The van der Waals surface area contributed by atoms with Crippen molar-refractivity contribution in [2.45, 2.75) is 108 Å². The van der Waals surface area contributed by atoms with Gasteiger partial charge in [-0.2, -0.15) is 0 Å². The van der Waals surface area contributed by atoms with E-state index < -0.39 is 60.8 Å². The standard InChI is InChI=1S/C33H43BF2N4O6.ClH/c35-25-14-22(15-26(36)16-25)18-37-28-12-6-4-2-1-3-5-7-13-30(34(44)45)38-31(41)29-17-27(21-40(29)32(28)42)46-33(43)39-19-23-10-8-9-11-24(23)20-39;/h8-11,14-16,27-30,37,44-45H,1-7,12-13,17-21H2,(H,38,41);1H/t27-,28?,29+,30-;/m1./s1. The molecule has 256 valence electrons. The monoisotopic (exact) mass is 676 g/mol. The van der Waals surface area contributed by atoms with Gasteiger partial charge in [0, 0.05) is 32.1 Å². The molecule has 0 saturated carbocycles. The molecule has 3 aliphatic heterocycles. The van der Waals surface area contributed by atoms with E-state index in [1.54, 1.807) is 4.90 Å². The Hall–Kier alpha value is -3.26. The number of nitrogens with zero attached hydrogens (tertiary/aromatic N) is 2. The molecule has 2 aromatic carbocycles. The van der Waals surface area contributed by atoms with Gasteiger partial charge < -0.3 is 30.3 Å². The third kappa shape index (κ3) is 9.88. The van der Waals surface area contributed by atoms with Gasteiger partial charge in [0.1, 0.15) is 23.8 Å². The van der Waals surface area contributed by atoms with Crippen LogP contribution >= 0.6 is 12.4 Å². The Kier molecular flexibility index (Phi) is 13.4. The van der Waals surface area contributed by atoms with E-state index in [4.69, 9.17) is 4.74 Å². The number of hydrogen-bond acceptors (Lipinski definition) is 7. The summed E-state index contributed by atoms with van der Waals surface area (Å²) in [4.78, 5) is 44.0. The maximum absolute atomic E-state index is 14.2. The number of hydrogen-bond donors (Lipinski definition) is 4. The second kappa shape index (κ2) is 17.2. The molecule has 5 rings (SSSR count). The molecule has 4 N–H and O–H groups in total. The Bertz CT molecular complexity index is 1350. The quantitative estimate of drug-likeness (QED) is 0.353. The zero-order chi connectivity index (χ0) is 32.6. The van der Waals surface area contributed by atoms with E-state index in [1.807, 2.05) is 24.3 Å². The number of carbonyl (C=O) groups is 3. The predicted molar refractivity (Wildman–Crippen MR) is 174 cm³/mol. The van der Waals surface area contributed by atoms with Crippen LogP contribution < -0.4 is 10.6 Å². The molecule has 4 atom stereocenters. The number of fused-ring (bicyclic) bond motifs is 2. The molecule has 2 aromatic rings. The van der Waals surface area contributed by atoms with Crippen LogP contribution in [0.5, 0.6) is 0 Å². The summed E-state index contributed by atoms with van der Waals surface area (Å²) in [5.41, 5.74) is 2.40. The summed E-state index contributed by atoms with van der Waals surface area (Å²) in [5.74, 6) is -3.31. The van der Waals surface area contributed by atoms with Crippen LogP contribution in [-0.2, 0) is 34.0 Å². The average Bonchev–Trinajstić information content (AvgIpc) is 3.64. The molecule has 0 bridgehead atoms. The molecule has 2 fully saturated rings. The van der Waals surface area contributed by atoms with Crippen molar-refractivity contribution in [1.29, 1.82) is 0 Å². The molecular weight excluding hydrogens is 633 g/mol. The molecule has 10 nitrogen and oxygen atoms in total. The highest BCUT2D eigenvalue weighted by molar-refractivity contribution is 6.43. The first kappa shape index (κ1) is 36.6. The molecule has 2 saturated heterocycles. The number of amides is 3. The fourth-order valence-corrected chi connectivity index (χ4v) is 6.69. The maximum atomic E-state index is 14.2. The highest BCUT2D eigenvalue weighted by Gasteiger charge is 2.44. The number of nitrogens with one attached hydrogen (secondary N) is 2. The number of halogens is 3. The van der Waals surface area contributed by atoms with E-state index in [2.05, 4.69) is 10.6 Å². The molecule has 0 spiro atoms. The third-order valence-corrected chi connectivity index (χ3v) is 9.18. The van der Waals surface area contributed by atoms with Crippen LogP contribution in [-0.4, -0.2) is 75.5 Å². The highest BCUT2D eigenvalue weighted by Crippen LogP contribution is 2.27. The van der Waals surface area contributed by atoms with Crippen LogP contribution in [0.15, 0.2) is 42.5 Å². The van der Waals surface area contributed by atoms with Crippen LogP contribution in [0.3, 0.4) is 0 Å². The minimum Gasteiger partial charge on any atom is -0.444 e. The summed E-state index contributed by atoms with van der Waals surface area (Å²) in [7, 11) is -1.78. The lowest BCUT2D eigenvalue weighted by atomic mass is 9.76. The topological polar surface area (TPSA) is 131 Å². The van der Waals surface area contributed by atoms with Crippen molar-refractivity contribution in [3.05, 3.63) is 70.8 Å². The van der Waals surface area contributed by atoms with Crippen molar-refractivity contribution >= 4 is 37.4 Å². The predicted octanol–water partition coefficient (Wildman–Crippen LogP) is 3.99. The second-order valence-electron chi connectivity index (χ2n) is 12.7. The third-order valence-electron chi connectivity index (χ3n) is 9.18. The Morgan fingerprint density at radius 1 is 0.936 bits per heavy atom. The number of ether oxygens (including phenoxy) is 1. The van der Waals surface area contributed by atoms with Crippen molar-refractivity contribution < 1.29 is 37.9 Å². The summed E-state index contributed by atoms with van der Waals surface area (Å²) in [6.07, 6.45) is 5.70. The first-order valence-electron chi connectivity index (χ1n) is 16.4. The van der Waals surface area contributed by atoms with E-state index in [0.29, 0.717) is 37.9 Å². The second-order valence-corrected chi connectivity index (χ2v) is 12.7. The van der Waals surface area contributed by atoms with E-state index in [0.717, 1.165) is 55.7 Å². The molecule has 0 radical (unpaired) electrons. The zero-order valence-electron chi connectivity index (χ0n) is 26.4. The average molecular weight is 677 g/mol. The summed E-state index contributed by atoms with van der Waals surface area (Å²) < 4.78 is 33.6. The lowest BCUT2D eigenvalue weighted by Gasteiger charge is -2.30. The van der Waals surface area contributed by atoms with Crippen molar-refractivity contribution in [3.8, 4) is 0 Å². The molecule has 3 heterocycles. The normalized spacial score (nSPS) is 24.2. The minimum atomic E-state index is -1.78. The molecule has 1 unspecified atom stereocenters. The number of carbonyl (C=O) groups excluding carboxylic acids is 3. The maximum Gasteiger partial charge on any atom is 0.475 e. The Labute approximate surface area is 280 Å². The van der Waals surface area contributed by atoms with Gasteiger partial charge in [0.2, 0.25) is 11.8 Å². The highest BCUT2D eigenvalue weighted by atomic mass is 35.5.